The van der Waals surface area contributed by atoms with Crippen LogP contribution >= 0.6 is 27.7 Å². The fourth-order valence-corrected chi connectivity index (χ4v) is 4.29. The summed E-state index contributed by atoms with van der Waals surface area (Å²) in [6.45, 7) is 3.57. The van der Waals surface area contributed by atoms with Gasteiger partial charge in [-0.15, -0.1) is 0 Å². The second-order valence-corrected chi connectivity index (χ2v) is 8.81. The number of aryl methyl sites for hydroxylation is 1. The lowest BCUT2D eigenvalue weighted by Crippen LogP contribution is -2.50. The molecule has 1 aliphatic heterocycles. The molecule has 0 saturated carbocycles. The van der Waals surface area contributed by atoms with E-state index in [-0.39, 0.29) is 17.6 Å². The van der Waals surface area contributed by atoms with Crippen LogP contribution in [0.25, 0.3) is 0 Å². The van der Waals surface area contributed by atoms with Gasteiger partial charge in [0.15, 0.2) is 0 Å². The van der Waals surface area contributed by atoms with Crippen LogP contribution in [0.1, 0.15) is 26.6 Å². The van der Waals surface area contributed by atoms with Gasteiger partial charge in [-0.1, -0.05) is 32.8 Å². The number of hydrogen-bond donors (Lipinski definition) is 0. The van der Waals surface area contributed by atoms with Crippen molar-refractivity contribution in [2.24, 2.45) is 0 Å². The molecule has 1 aromatic carbocycles. The quantitative estimate of drug-likeness (QED) is 0.556. The van der Waals surface area contributed by atoms with Crippen molar-refractivity contribution in [3.8, 4) is 0 Å². The summed E-state index contributed by atoms with van der Waals surface area (Å²) in [6, 6.07) is 13.1. The van der Waals surface area contributed by atoms with Crippen molar-refractivity contribution >= 4 is 39.5 Å². The molecule has 1 saturated heterocycles. The summed E-state index contributed by atoms with van der Waals surface area (Å²) < 4.78 is 6.06. The minimum Gasteiger partial charge on any atom is -0.351 e. The first-order chi connectivity index (χ1) is 14.5. The van der Waals surface area contributed by atoms with Crippen LogP contribution in [0.2, 0.25) is 0 Å². The van der Waals surface area contributed by atoms with Gasteiger partial charge in [0.25, 0.3) is 11.8 Å². The number of pyridine rings is 1. The number of amides is 2. The highest BCUT2D eigenvalue weighted by molar-refractivity contribution is 9.10. The number of benzene rings is 1. The third-order valence-electron chi connectivity index (χ3n) is 4.72. The van der Waals surface area contributed by atoms with Gasteiger partial charge in [-0.2, -0.15) is 0 Å². The van der Waals surface area contributed by atoms with Crippen LogP contribution in [-0.4, -0.2) is 57.9 Å². The predicted octanol–water partition coefficient (Wildman–Crippen LogP) is 3.89. The van der Waals surface area contributed by atoms with E-state index in [1.54, 1.807) is 41.1 Å². The lowest BCUT2D eigenvalue weighted by Gasteiger charge is -2.34. The summed E-state index contributed by atoms with van der Waals surface area (Å²) >= 11 is 4.89. The highest BCUT2D eigenvalue weighted by Gasteiger charge is 2.28. The zero-order chi connectivity index (χ0) is 21.1. The zero-order valence-corrected chi connectivity index (χ0v) is 18.6. The van der Waals surface area contributed by atoms with E-state index in [0.29, 0.717) is 42.5 Å². The molecule has 3 heterocycles. The number of aromatic nitrogens is 2. The third kappa shape index (κ3) is 4.57. The molecule has 1 fully saturated rings. The van der Waals surface area contributed by atoms with E-state index in [1.807, 2.05) is 24.3 Å². The van der Waals surface area contributed by atoms with E-state index in [0.717, 1.165) is 9.37 Å². The van der Waals surface area contributed by atoms with Crippen molar-refractivity contribution in [1.29, 1.82) is 0 Å². The molecule has 3 aromatic rings. The zero-order valence-electron chi connectivity index (χ0n) is 16.2. The number of carbonyl (C=O) groups excluding carboxylic acids is 2. The fraction of sp³-hybridized carbons (Fsp3) is 0.238. The number of hydrogen-bond acceptors (Lipinski definition) is 6. The van der Waals surface area contributed by atoms with Crippen molar-refractivity contribution in [3.63, 3.8) is 0 Å². The lowest BCUT2D eigenvalue weighted by molar-refractivity contribution is 0.0510. The van der Waals surface area contributed by atoms with Crippen molar-refractivity contribution in [2.75, 3.05) is 26.2 Å². The molecule has 2 aromatic heterocycles. The maximum absolute atomic E-state index is 13.1. The minimum atomic E-state index is -0.199. The maximum Gasteiger partial charge on any atom is 0.292 e. The fourth-order valence-electron chi connectivity index (χ4n) is 3.15. The summed E-state index contributed by atoms with van der Waals surface area (Å²) in [5.74, 6) is -0.0476. The Morgan fingerprint density at radius 1 is 1.03 bits per heavy atom. The van der Waals surface area contributed by atoms with Crippen LogP contribution in [0.4, 0.5) is 0 Å². The van der Waals surface area contributed by atoms with Gasteiger partial charge < -0.3 is 14.3 Å². The minimum absolute atomic E-state index is 0.0784. The van der Waals surface area contributed by atoms with E-state index in [4.69, 9.17) is 4.52 Å². The lowest BCUT2D eigenvalue weighted by atomic mass is 10.2. The van der Waals surface area contributed by atoms with Crippen molar-refractivity contribution in [3.05, 3.63) is 70.2 Å². The summed E-state index contributed by atoms with van der Waals surface area (Å²) in [4.78, 5) is 34.5. The molecule has 0 atom stereocenters. The van der Waals surface area contributed by atoms with Gasteiger partial charge in [-0.25, -0.2) is 4.98 Å². The molecule has 1 aliphatic rings. The number of carbonyl (C=O) groups is 2. The Kier molecular flexibility index (Phi) is 6.19. The molecule has 0 radical (unpaired) electrons. The van der Waals surface area contributed by atoms with Crippen molar-refractivity contribution in [2.45, 2.75) is 16.8 Å². The Balaban J connectivity index is 1.43. The summed E-state index contributed by atoms with van der Waals surface area (Å²) in [5, 5.41) is 4.43. The van der Waals surface area contributed by atoms with E-state index in [2.05, 4.69) is 26.1 Å². The first-order valence-corrected chi connectivity index (χ1v) is 11.0. The average molecular weight is 487 g/mol. The van der Waals surface area contributed by atoms with Gasteiger partial charge in [0.1, 0.15) is 5.03 Å². The number of rotatable bonds is 4. The second-order valence-electron chi connectivity index (χ2n) is 6.83. The van der Waals surface area contributed by atoms with Gasteiger partial charge in [0.05, 0.1) is 11.3 Å². The normalized spacial score (nSPS) is 14.1. The van der Waals surface area contributed by atoms with E-state index in [9.17, 15) is 9.59 Å². The van der Waals surface area contributed by atoms with Crippen LogP contribution in [0.3, 0.4) is 0 Å². The van der Waals surface area contributed by atoms with Gasteiger partial charge in [-0.05, 0) is 43.3 Å². The number of halogens is 1. The first kappa shape index (κ1) is 20.6. The summed E-state index contributed by atoms with van der Waals surface area (Å²) in [7, 11) is 0. The first-order valence-electron chi connectivity index (χ1n) is 9.41. The molecule has 0 spiro atoms. The molecule has 154 valence electrons. The van der Waals surface area contributed by atoms with Crippen LogP contribution in [-0.2, 0) is 0 Å². The van der Waals surface area contributed by atoms with E-state index < -0.39 is 0 Å². The molecular weight excluding hydrogens is 468 g/mol. The van der Waals surface area contributed by atoms with Gasteiger partial charge in [-0.3, -0.25) is 9.59 Å². The number of piperazine rings is 1. The monoisotopic (exact) mass is 486 g/mol. The number of nitrogens with zero attached hydrogens (tertiary/aromatic N) is 4. The maximum atomic E-state index is 13.1. The Morgan fingerprint density at radius 2 is 1.70 bits per heavy atom. The SMILES string of the molecule is Cc1cc(C(=O)N2CCN(C(=O)c3cccnc3Sc3ccc(Br)cc3)CC2)on1. The Hall–Kier alpha value is -2.65. The van der Waals surface area contributed by atoms with Crippen LogP contribution in [0.5, 0.6) is 0 Å². The molecule has 7 nitrogen and oxygen atoms in total. The molecule has 2 amide bonds. The molecule has 0 bridgehead atoms. The van der Waals surface area contributed by atoms with Crippen LogP contribution in [0.15, 0.2) is 67.6 Å². The summed E-state index contributed by atoms with van der Waals surface area (Å²) in [5.41, 5.74) is 1.23. The highest BCUT2D eigenvalue weighted by Crippen LogP contribution is 2.30. The topological polar surface area (TPSA) is 79.5 Å². The summed E-state index contributed by atoms with van der Waals surface area (Å²) in [6.07, 6.45) is 1.69. The van der Waals surface area contributed by atoms with Crippen molar-refractivity contribution in [1.82, 2.24) is 19.9 Å². The Bertz CT molecular complexity index is 1060. The molecule has 0 aliphatic carbocycles. The van der Waals surface area contributed by atoms with Gasteiger partial charge in [0, 0.05) is 47.8 Å². The van der Waals surface area contributed by atoms with E-state index >= 15 is 0 Å². The Labute approximate surface area is 186 Å². The largest absolute Gasteiger partial charge is 0.351 e. The smallest absolute Gasteiger partial charge is 0.292 e. The highest BCUT2D eigenvalue weighted by atomic mass is 79.9. The molecule has 0 N–H and O–H groups in total. The molecule has 9 heteroatoms. The van der Waals surface area contributed by atoms with Crippen LogP contribution in [0, 0.1) is 6.92 Å². The molecule has 0 unspecified atom stereocenters. The third-order valence-corrected chi connectivity index (χ3v) is 6.28. The van der Waals surface area contributed by atoms with Crippen LogP contribution < -0.4 is 0 Å². The van der Waals surface area contributed by atoms with E-state index in [1.165, 1.54) is 11.8 Å². The molecule has 4 rings (SSSR count). The second kappa shape index (κ2) is 9.01. The average Bonchev–Trinajstić information content (AvgIpc) is 3.21. The Morgan fingerprint density at radius 3 is 2.33 bits per heavy atom. The van der Waals surface area contributed by atoms with Gasteiger partial charge in [0.2, 0.25) is 5.76 Å². The standard InChI is InChI=1S/C21H19BrN4O3S/c1-14-13-18(29-24-14)21(28)26-11-9-25(10-12-26)20(27)17-3-2-8-23-19(17)30-16-6-4-15(22)5-7-16/h2-8,13H,9-12H2,1H3. The van der Waals surface area contributed by atoms with Crippen molar-refractivity contribution < 1.29 is 14.1 Å². The molecule has 30 heavy (non-hydrogen) atoms. The predicted molar refractivity (Wildman–Crippen MR) is 116 cm³/mol. The molecular formula is C21H19BrN4O3S. The van der Waals surface area contributed by atoms with Gasteiger partial charge >= 0.3 is 0 Å².